The Labute approximate surface area is 113 Å². The molecule has 0 fully saturated rings. The van der Waals surface area contributed by atoms with Crippen molar-refractivity contribution in [1.82, 2.24) is 5.32 Å². The summed E-state index contributed by atoms with van der Waals surface area (Å²) in [6.07, 6.45) is 3.14. The number of nitrogens with one attached hydrogen (secondary N) is 1. The lowest BCUT2D eigenvalue weighted by Gasteiger charge is -2.07. The Balaban J connectivity index is 2.57. The summed E-state index contributed by atoms with van der Waals surface area (Å²) in [7, 11) is 0. The average Bonchev–Trinajstić information content (AvgIpc) is 2.34. The van der Waals surface area contributed by atoms with Gasteiger partial charge in [0, 0.05) is 19.0 Å². The molecule has 0 saturated carbocycles. The molecule has 0 heterocycles. The fraction of sp³-hybridized carbons (Fsp3) is 0.333. The smallest absolute Gasteiger partial charge is 0.328 e. The van der Waals surface area contributed by atoms with Gasteiger partial charge in [-0.25, -0.2) is 4.79 Å². The van der Waals surface area contributed by atoms with Gasteiger partial charge in [0.05, 0.1) is 0 Å². The molecule has 102 valence electrons. The maximum Gasteiger partial charge on any atom is 0.328 e. The molecule has 1 aromatic rings. The van der Waals surface area contributed by atoms with E-state index in [1.807, 2.05) is 38.1 Å². The van der Waals surface area contributed by atoms with Gasteiger partial charge in [0.1, 0.15) is 0 Å². The molecule has 0 bridgehead atoms. The van der Waals surface area contributed by atoms with E-state index in [4.69, 9.17) is 5.11 Å². The van der Waals surface area contributed by atoms with E-state index in [1.54, 1.807) is 0 Å². The van der Waals surface area contributed by atoms with Gasteiger partial charge in [-0.15, -0.1) is 0 Å². The van der Waals surface area contributed by atoms with Crippen molar-refractivity contribution in [2.75, 3.05) is 0 Å². The molecule has 19 heavy (non-hydrogen) atoms. The Hall–Kier alpha value is -2.10. The van der Waals surface area contributed by atoms with Crippen LogP contribution in [-0.2, 0) is 16.1 Å². The summed E-state index contributed by atoms with van der Waals surface area (Å²) < 4.78 is 0. The molecule has 1 rings (SSSR count). The molecule has 1 aromatic carbocycles. The van der Waals surface area contributed by atoms with Gasteiger partial charge in [-0.1, -0.05) is 32.0 Å². The first-order chi connectivity index (χ1) is 8.97. The van der Waals surface area contributed by atoms with Crippen LogP contribution in [0.2, 0.25) is 0 Å². The standard InChI is InChI=1S/C15H19NO3/c1-11(2)8-14(17)16-10-13-5-3-4-12(9-13)6-7-15(18)19/h3-7,9,11H,8,10H2,1-2H3,(H,16,17)(H,18,19). The molecule has 0 aliphatic carbocycles. The molecule has 0 aliphatic rings. The van der Waals surface area contributed by atoms with Gasteiger partial charge in [0.2, 0.25) is 5.91 Å². The summed E-state index contributed by atoms with van der Waals surface area (Å²) >= 11 is 0. The molecular formula is C15H19NO3. The van der Waals surface area contributed by atoms with E-state index < -0.39 is 5.97 Å². The second-order valence-electron chi connectivity index (χ2n) is 4.79. The molecule has 0 saturated heterocycles. The number of hydrogen-bond acceptors (Lipinski definition) is 2. The zero-order chi connectivity index (χ0) is 14.3. The third-order valence-electron chi connectivity index (χ3n) is 2.45. The molecule has 0 aliphatic heterocycles. The minimum Gasteiger partial charge on any atom is -0.478 e. The van der Waals surface area contributed by atoms with Crippen LogP contribution < -0.4 is 5.32 Å². The van der Waals surface area contributed by atoms with Gasteiger partial charge in [0.25, 0.3) is 0 Å². The Morgan fingerprint density at radius 2 is 2.11 bits per heavy atom. The van der Waals surface area contributed by atoms with Gasteiger partial charge < -0.3 is 10.4 Å². The van der Waals surface area contributed by atoms with Crippen LogP contribution >= 0.6 is 0 Å². The van der Waals surface area contributed by atoms with Crippen molar-refractivity contribution in [2.45, 2.75) is 26.8 Å². The normalized spacial score (nSPS) is 10.9. The first kappa shape index (κ1) is 15.0. The summed E-state index contributed by atoms with van der Waals surface area (Å²) in [5.41, 5.74) is 1.75. The number of rotatable bonds is 6. The topological polar surface area (TPSA) is 66.4 Å². The molecule has 0 spiro atoms. The SMILES string of the molecule is CC(C)CC(=O)NCc1cccc(C=CC(=O)O)c1. The second kappa shape index (κ2) is 7.36. The Morgan fingerprint density at radius 1 is 1.37 bits per heavy atom. The summed E-state index contributed by atoms with van der Waals surface area (Å²) in [6, 6.07) is 7.41. The van der Waals surface area contributed by atoms with E-state index in [0.29, 0.717) is 18.9 Å². The third-order valence-corrected chi connectivity index (χ3v) is 2.45. The summed E-state index contributed by atoms with van der Waals surface area (Å²) in [4.78, 5) is 22.0. The van der Waals surface area contributed by atoms with Gasteiger partial charge in [-0.05, 0) is 29.2 Å². The quantitative estimate of drug-likeness (QED) is 0.773. The number of amides is 1. The highest BCUT2D eigenvalue weighted by Crippen LogP contribution is 2.07. The minimum atomic E-state index is -0.976. The van der Waals surface area contributed by atoms with Crippen LogP contribution in [0.25, 0.3) is 6.08 Å². The number of carbonyl (C=O) groups excluding carboxylic acids is 1. The monoisotopic (exact) mass is 261 g/mol. The molecule has 4 nitrogen and oxygen atoms in total. The van der Waals surface area contributed by atoms with Crippen molar-refractivity contribution in [3.8, 4) is 0 Å². The average molecular weight is 261 g/mol. The van der Waals surface area contributed by atoms with Gasteiger partial charge >= 0.3 is 5.97 Å². The van der Waals surface area contributed by atoms with Crippen molar-refractivity contribution in [3.05, 3.63) is 41.5 Å². The van der Waals surface area contributed by atoms with E-state index in [1.165, 1.54) is 6.08 Å². The minimum absolute atomic E-state index is 0.0291. The number of carboxylic acid groups (broad SMARTS) is 1. The van der Waals surface area contributed by atoms with Crippen LogP contribution in [0.4, 0.5) is 0 Å². The summed E-state index contributed by atoms with van der Waals surface area (Å²) in [5.74, 6) is -0.609. The van der Waals surface area contributed by atoms with Crippen molar-refractivity contribution >= 4 is 18.0 Å². The van der Waals surface area contributed by atoms with Crippen LogP contribution in [0, 0.1) is 5.92 Å². The molecule has 4 heteroatoms. The number of aliphatic carboxylic acids is 1. The van der Waals surface area contributed by atoms with Gasteiger partial charge in [0.15, 0.2) is 0 Å². The number of carbonyl (C=O) groups is 2. The Bertz CT molecular complexity index is 478. The maximum atomic E-state index is 11.5. The van der Waals surface area contributed by atoms with Gasteiger partial charge in [-0.2, -0.15) is 0 Å². The molecular weight excluding hydrogens is 242 g/mol. The zero-order valence-corrected chi connectivity index (χ0v) is 11.2. The van der Waals surface area contributed by atoms with E-state index in [-0.39, 0.29) is 5.91 Å². The Kier molecular flexibility index (Phi) is 5.79. The molecule has 2 N–H and O–H groups in total. The van der Waals surface area contributed by atoms with Gasteiger partial charge in [-0.3, -0.25) is 4.79 Å². The lowest BCUT2D eigenvalue weighted by Crippen LogP contribution is -2.23. The molecule has 0 atom stereocenters. The van der Waals surface area contributed by atoms with Crippen LogP contribution in [-0.4, -0.2) is 17.0 Å². The van der Waals surface area contributed by atoms with Crippen LogP contribution in [0.1, 0.15) is 31.4 Å². The fourth-order valence-corrected chi connectivity index (χ4v) is 1.62. The molecule has 0 aromatic heterocycles. The fourth-order valence-electron chi connectivity index (χ4n) is 1.62. The van der Waals surface area contributed by atoms with Crippen molar-refractivity contribution in [2.24, 2.45) is 5.92 Å². The van der Waals surface area contributed by atoms with E-state index in [9.17, 15) is 9.59 Å². The molecule has 0 unspecified atom stereocenters. The van der Waals surface area contributed by atoms with Crippen LogP contribution in [0.5, 0.6) is 0 Å². The zero-order valence-electron chi connectivity index (χ0n) is 11.2. The van der Waals surface area contributed by atoms with Crippen LogP contribution in [0.3, 0.4) is 0 Å². The maximum absolute atomic E-state index is 11.5. The highest BCUT2D eigenvalue weighted by atomic mass is 16.4. The predicted octanol–water partition coefficient (Wildman–Crippen LogP) is 2.45. The summed E-state index contributed by atoms with van der Waals surface area (Å²) in [6.45, 7) is 4.45. The lowest BCUT2D eigenvalue weighted by molar-refractivity contribution is -0.131. The predicted molar refractivity (Wildman–Crippen MR) is 74.4 cm³/mol. The third kappa shape index (κ3) is 6.41. The van der Waals surface area contributed by atoms with Crippen LogP contribution in [0.15, 0.2) is 30.3 Å². The van der Waals surface area contributed by atoms with Crippen molar-refractivity contribution < 1.29 is 14.7 Å². The molecule has 1 amide bonds. The lowest BCUT2D eigenvalue weighted by atomic mass is 10.1. The first-order valence-electron chi connectivity index (χ1n) is 6.24. The van der Waals surface area contributed by atoms with E-state index >= 15 is 0 Å². The van der Waals surface area contributed by atoms with E-state index in [0.717, 1.165) is 17.2 Å². The highest BCUT2D eigenvalue weighted by Gasteiger charge is 2.04. The number of hydrogen-bond donors (Lipinski definition) is 2. The molecule has 0 radical (unpaired) electrons. The number of benzene rings is 1. The van der Waals surface area contributed by atoms with Crippen molar-refractivity contribution in [1.29, 1.82) is 0 Å². The second-order valence-corrected chi connectivity index (χ2v) is 4.79. The van der Waals surface area contributed by atoms with E-state index in [2.05, 4.69) is 5.32 Å². The largest absolute Gasteiger partial charge is 0.478 e. The first-order valence-corrected chi connectivity index (χ1v) is 6.24. The highest BCUT2D eigenvalue weighted by molar-refractivity contribution is 5.85. The number of carboxylic acids is 1. The van der Waals surface area contributed by atoms with Crippen molar-refractivity contribution in [3.63, 3.8) is 0 Å². The Morgan fingerprint density at radius 3 is 2.74 bits per heavy atom. The summed E-state index contributed by atoms with van der Waals surface area (Å²) in [5, 5.41) is 11.4.